The fourth-order valence-electron chi connectivity index (χ4n) is 6.37. The summed E-state index contributed by atoms with van der Waals surface area (Å²) in [5, 5.41) is 2.35. The second-order valence-corrected chi connectivity index (χ2v) is 19.7. The lowest BCUT2D eigenvalue weighted by Gasteiger charge is -2.34. The van der Waals surface area contributed by atoms with E-state index in [0.717, 1.165) is 61.6 Å². The van der Waals surface area contributed by atoms with Gasteiger partial charge in [0.25, 0.3) is 0 Å². The Hall–Kier alpha value is -1.77. The zero-order chi connectivity index (χ0) is 35.5. The van der Waals surface area contributed by atoms with Crippen LogP contribution in [0.2, 0.25) is 12.1 Å². The zero-order valence-corrected chi connectivity index (χ0v) is 33.9. The molecular formula is C38H64N2O6Si2. The number of aromatic nitrogens is 2. The van der Waals surface area contributed by atoms with E-state index in [9.17, 15) is 0 Å². The summed E-state index contributed by atoms with van der Waals surface area (Å²) in [6.45, 7) is 24.7. The van der Waals surface area contributed by atoms with Gasteiger partial charge in [-0.2, -0.15) is 0 Å². The molecule has 0 aliphatic rings. The molecule has 8 nitrogen and oxygen atoms in total. The Bertz CT molecular complexity index is 1240. The van der Waals surface area contributed by atoms with Gasteiger partial charge in [0.05, 0.1) is 11.0 Å². The van der Waals surface area contributed by atoms with Gasteiger partial charge in [-0.1, -0.05) is 12.1 Å². The molecule has 48 heavy (non-hydrogen) atoms. The van der Waals surface area contributed by atoms with Crippen LogP contribution in [0.4, 0.5) is 0 Å². The minimum atomic E-state index is -2.81. The molecule has 0 unspecified atom stereocenters. The van der Waals surface area contributed by atoms with Gasteiger partial charge in [0.15, 0.2) is 0 Å². The van der Waals surface area contributed by atoms with Gasteiger partial charge in [-0.25, -0.2) is 0 Å². The van der Waals surface area contributed by atoms with E-state index in [1.807, 2.05) is 12.4 Å². The highest BCUT2D eigenvalue weighted by Crippen LogP contribution is 2.31. The number of nitrogens with zero attached hydrogens (tertiary/aromatic N) is 2. The maximum absolute atomic E-state index is 6.40. The van der Waals surface area contributed by atoms with Gasteiger partial charge in [0, 0.05) is 71.9 Å². The number of aryl methyl sites for hydroxylation is 2. The molecule has 0 saturated heterocycles. The highest BCUT2D eigenvalue weighted by Gasteiger charge is 2.44. The summed E-state index contributed by atoms with van der Waals surface area (Å²) < 4.78 is 38.4. The molecule has 0 atom stereocenters. The number of hydrogen-bond acceptors (Lipinski definition) is 8. The van der Waals surface area contributed by atoms with Gasteiger partial charge in [-0.3, -0.25) is 9.97 Å². The molecule has 0 radical (unpaired) electrons. The molecule has 1 aromatic carbocycles. The Kier molecular flexibility index (Phi) is 16.1. The molecule has 3 rings (SSSR count). The summed E-state index contributed by atoms with van der Waals surface area (Å²) in [6.07, 6.45) is 10.0. The normalized spacial score (nSPS) is 13.2. The summed E-state index contributed by atoms with van der Waals surface area (Å²) in [5.41, 5.74) is 4.53. The van der Waals surface area contributed by atoms with Crippen molar-refractivity contribution in [1.82, 2.24) is 9.97 Å². The van der Waals surface area contributed by atoms with Gasteiger partial charge < -0.3 is 26.6 Å². The number of fused-ring (bicyclic) bond motifs is 3. The molecule has 0 N–H and O–H groups in total. The lowest BCUT2D eigenvalue weighted by atomic mass is 9.98. The molecule has 270 valence electrons. The van der Waals surface area contributed by atoms with Crippen LogP contribution in [-0.2, 0) is 39.4 Å². The van der Waals surface area contributed by atoms with Crippen LogP contribution in [0.1, 0.15) is 120 Å². The second-order valence-electron chi connectivity index (χ2n) is 14.6. The fraction of sp³-hybridized carbons (Fsp3) is 0.684. The van der Waals surface area contributed by atoms with Crippen molar-refractivity contribution in [2.45, 2.75) is 170 Å². The first-order chi connectivity index (χ1) is 22.6. The summed E-state index contributed by atoms with van der Waals surface area (Å²) >= 11 is 0. The number of hydrogen-bond donors (Lipinski definition) is 0. The maximum Gasteiger partial charge on any atom is 0.501 e. The summed E-state index contributed by atoms with van der Waals surface area (Å²) in [4.78, 5) is 9.66. The number of pyridine rings is 2. The molecule has 2 aromatic heterocycles. The zero-order valence-electron chi connectivity index (χ0n) is 31.9. The molecule has 0 fully saturated rings. The maximum atomic E-state index is 6.40. The first kappa shape index (κ1) is 40.7. The highest BCUT2D eigenvalue weighted by atomic mass is 28.4. The first-order valence-corrected chi connectivity index (χ1v) is 22.2. The third-order valence-electron chi connectivity index (χ3n) is 7.65. The minimum absolute atomic E-state index is 0.0519. The van der Waals surface area contributed by atoms with Gasteiger partial charge in [0.2, 0.25) is 0 Å². The lowest BCUT2D eigenvalue weighted by molar-refractivity contribution is 0.00164. The smallest absolute Gasteiger partial charge is 0.371 e. The Morgan fingerprint density at radius 3 is 1.00 bits per heavy atom. The fourth-order valence-corrected chi connectivity index (χ4v) is 13.1. The van der Waals surface area contributed by atoms with Crippen LogP contribution in [0.3, 0.4) is 0 Å². The van der Waals surface area contributed by atoms with Crippen molar-refractivity contribution in [3.63, 3.8) is 0 Å². The van der Waals surface area contributed by atoms with Crippen LogP contribution < -0.4 is 0 Å². The molecule has 2 heterocycles. The summed E-state index contributed by atoms with van der Waals surface area (Å²) in [6, 6.07) is 10.4. The SMILES string of the molecule is CC(C)O[Si](CCCCc1ccnc2c1ccc1c(CCCC[Si](OC(C)C)(OC(C)C)OC(C)C)ccnc12)(OC(C)C)OC(C)C. The summed E-state index contributed by atoms with van der Waals surface area (Å²) in [5.74, 6) is 0. The van der Waals surface area contributed by atoms with Crippen molar-refractivity contribution in [2.24, 2.45) is 0 Å². The topological polar surface area (TPSA) is 81.2 Å². The monoisotopic (exact) mass is 700 g/mol. The van der Waals surface area contributed by atoms with Crippen LogP contribution in [0.5, 0.6) is 0 Å². The Labute approximate surface area is 293 Å². The van der Waals surface area contributed by atoms with Crippen LogP contribution in [0, 0.1) is 0 Å². The van der Waals surface area contributed by atoms with Gasteiger partial charge >= 0.3 is 17.6 Å². The Balaban J connectivity index is 1.73. The average Bonchev–Trinajstić information content (AvgIpc) is 2.95. The van der Waals surface area contributed by atoms with E-state index in [0.29, 0.717) is 0 Å². The van der Waals surface area contributed by atoms with Gasteiger partial charge in [-0.05, 0) is 145 Å². The minimum Gasteiger partial charge on any atom is -0.371 e. The van der Waals surface area contributed by atoms with Crippen LogP contribution in [0.15, 0.2) is 36.7 Å². The van der Waals surface area contributed by atoms with Crippen molar-refractivity contribution >= 4 is 39.4 Å². The van der Waals surface area contributed by atoms with Crippen molar-refractivity contribution in [3.8, 4) is 0 Å². The molecule has 0 saturated carbocycles. The summed E-state index contributed by atoms with van der Waals surface area (Å²) in [7, 11) is -5.61. The van der Waals surface area contributed by atoms with E-state index in [2.05, 4.69) is 107 Å². The van der Waals surface area contributed by atoms with Crippen molar-refractivity contribution in [1.29, 1.82) is 0 Å². The van der Waals surface area contributed by atoms with Gasteiger partial charge in [0.1, 0.15) is 0 Å². The predicted octanol–water partition coefficient (Wildman–Crippen LogP) is 9.86. The highest BCUT2D eigenvalue weighted by molar-refractivity contribution is 6.61. The van der Waals surface area contributed by atoms with E-state index >= 15 is 0 Å². The Morgan fingerprint density at radius 2 is 0.729 bits per heavy atom. The van der Waals surface area contributed by atoms with Crippen LogP contribution >= 0.6 is 0 Å². The quantitative estimate of drug-likeness (QED) is 0.0582. The van der Waals surface area contributed by atoms with Crippen molar-refractivity contribution in [3.05, 3.63) is 47.8 Å². The molecule has 3 aromatic rings. The molecule has 0 aliphatic carbocycles. The van der Waals surface area contributed by atoms with E-state index in [-0.39, 0.29) is 36.6 Å². The number of rotatable bonds is 22. The largest absolute Gasteiger partial charge is 0.501 e. The van der Waals surface area contributed by atoms with E-state index in [4.69, 9.17) is 36.5 Å². The standard InChI is InChI=1S/C38H64N2O6Si2/c1-27(2)41-47(42-28(3)4,43-29(5)6)25-15-13-17-33-21-23-39-37-35(33)19-20-36-34(22-24-40-38(36)37)18-14-16-26-48(44-30(7)8,45-31(9)10)46-32(11)12/h19-24,27-32H,13-18,25-26H2,1-12H3. The molecule has 0 bridgehead atoms. The van der Waals surface area contributed by atoms with Crippen LogP contribution in [-0.4, -0.2) is 64.2 Å². The van der Waals surface area contributed by atoms with E-state index < -0.39 is 17.6 Å². The van der Waals surface area contributed by atoms with E-state index in [1.165, 1.54) is 21.9 Å². The number of unbranched alkanes of at least 4 members (excludes halogenated alkanes) is 2. The van der Waals surface area contributed by atoms with Crippen LogP contribution in [0.25, 0.3) is 21.8 Å². The van der Waals surface area contributed by atoms with E-state index in [1.54, 1.807) is 0 Å². The average molecular weight is 701 g/mol. The van der Waals surface area contributed by atoms with Crippen molar-refractivity contribution < 1.29 is 26.6 Å². The second kappa shape index (κ2) is 19.0. The third kappa shape index (κ3) is 12.5. The lowest BCUT2D eigenvalue weighted by Crippen LogP contribution is -2.50. The molecule has 0 amide bonds. The third-order valence-corrected chi connectivity index (χ3v) is 14.6. The van der Waals surface area contributed by atoms with Gasteiger partial charge in [-0.15, -0.1) is 0 Å². The van der Waals surface area contributed by atoms with Crippen molar-refractivity contribution in [2.75, 3.05) is 0 Å². The molecular weight excluding hydrogens is 637 g/mol. The first-order valence-electron chi connectivity index (χ1n) is 18.3. The predicted molar refractivity (Wildman–Crippen MR) is 201 cm³/mol. The molecule has 0 spiro atoms. The number of benzene rings is 1. The Morgan fingerprint density at radius 1 is 0.438 bits per heavy atom. The molecule has 0 aliphatic heterocycles. The molecule has 10 heteroatoms.